The van der Waals surface area contributed by atoms with Crippen LogP contribution in [0.1, 0.15) is 22.3 Å². The smallest absolute Gasteiger partial charge is 0.278 e. The van der Waals surface area contributed by atoms with Gasteiger partial charge in [-0.15, -0.1) is 0 Å². The molecule has 1 N–H and O–H groups in total. The van der Waals surface area contributed by atoms with Crippen molar-refractivity contribution in [1.82, 2.24) is 0 Å². The van der Waals surface area contributed by atoms with Gasteiger partial charge in [-0.25, -0.2) is 0 Å². The van der Waals surface area contributed by atoms with Crippen LogP contribution in [0.2, 0.25) is 0 Å². The van der Waals surface area contributed by atoms with Crippen LogP contribution in [0.4, 0.5) is 11.4 Å². The minimum Gasteiger partial charge on any atom is -0.391 e. The summed E-state index contributed by atoms with van der Waals surface area (Å²) in [6.45, 7) is 3.72. The molecule has 0 saturated heterocycles. The Kier molecular flexibility index (Phi) is 3.42. The summed E-state index contributed by atoms with van der Waals surface area (Å²) in [4.78, 5) is 20.6. The molecule has 0 saturated carbocycles. The van der Waals surface area contributed by atoms with Crippen molar-refractivity contribution in [3.63, 3.8) is 0 Å². The Labute approximate surface area is 97.0 Å². The van der Waals surface area contributed by atoms with E-state index in [2.05, 4.69) is 0 Å². The number of aliphatic hydroxyl groups excluding tert-OH is 1. The Balaban J connectivity index is 3.81. The lowest BCUT2D eigenvalue weighted by Gasteiger charge is -2.10. The van der Waals surface area contributed by atoms with Gasteiger partial charge < -0.3 is 5.11 Å². The van der Waals surface area contributed by atoms with Gasteiger partial charge in [0.1, 0.15) is 0 Å². The van der Waals surface area contributed by atoms with Crippen molar-refractivity contribution in [3.8, 4) is 0 Å². The highest BCUT2D eigenvalue weighted by Gasteiger charge is 2.29. The fourth-order valence-corrected chi connectivity index (χ4v) is 1.90. The number of nitrogens with zero attached hydrogens (tertiary/aromatic N) is 2. The van der Waals surface area contributed by atoms with E-state index in [1.54, 1.807) is 0 Å². The highest BCUT2D eigenvalue weighted by atomic mass is 16.6. The summed E-state index contributed by atoms with van der Waals surface area (Å²) in [5, 5.41) is 31.0. The van der Waals surface area contributed by atoms with Gasteiger partial charge in [0.2, 0.25) is 0 Å². The van der Waals surface area contributed by atoms with E-state index in [0.29, 0.717) is 0 Å². The van der Waals surface area contributed by atoms with E-state index in [1.807, 2.05) is 0 Å². The van der Waals surface area contributed by atoms with Crippen molar-refractivity contribution in [3.05, 3.63) is 42.5 Å². The number of hydrogen-bond donors (Lipinski definition) is 1. The first-order valence-corrected chi connectivity index (χ1v) is 4.85. The fraction of sp³-hybridized carbons (Fsp3) is 0.400. The molecule has 0 aliphatic rings. The highest BCUT2D eigenvalue weighted by molar-refractivity contribution is 5.64. The molecule has 17 heavy (non-hydrogen) atoms. The van der Waals surface area contributed by atoms with Gasteiger partial charge in [0.15, 0.2) is 0 Å². The molecule has 1 rings (SSSR count). The fourth-order valence-electron chi connectivity index (χ4n) is 1.90. The van der Waals surface area contributed by atoms with Gasteiger partial charge in [-0.05, 0) is 20.8 Å². The lowest BCUT2D eigenvalue weighted by molar-refractivity contribution is -0.391. The minimum absolute atomic E-state index is 0.00444. The van der Waals surface area contributed by atoms with Crippen LogP contribution in [0, 0.1) is 41.0 Å². The van der Waals surface area contributed by atoms with Gasteiger partial charge in [0.05, 0.1) is 22.0 Å². The lowest BCUT2D eigenvalue weighted by Crippen LogP contribution is -2.07. The zero-order chi connectivity index (χ0) is 13.3. The largest absolute Gasteiger partial charge is 0.391 e. The molecule has 7 nitrogen and oxygen atoms in total. The summed E-state index contributed by atoms with van der Waals surface area (Å²) in [5.74, 6) is 0. The number of aliphatic hydroxyl groups is 1. The van der Waals surface area contributed by atoms with Gasteiger partial charge in [0, 0.05) is 16.7 Å². The number of nitro benzene ring substituents is 2. The van der Waals surface area contributed by atoms with Crippen LogP contribution in [0.5, 0.6) is 0 Å². The highest BCUT2D eigenvalue weighted by Crippen LogP contribution is 2.36. The van der Waals surface area contributed by atoms with Crippen LogP contribution in [0.3, 0.4) is 0 Å². The summed E-state index contributed by atoms with van der Waals surface area (Å²) in [6.07, 6.45) is 0. The number of rotatable bonds is 3. The second-order valence-electron chi connectivity index (χ2n) is 3.72. The second-order valence-corrected chi connectivity index (χ2v) is 3.72. The number of hydrogen-bond acceptors (Lipinski definition) is 5. The third-order valence-corrected chi connectivity index (χ3v) is 2.89. The molecule has 0 aromatic heterocycles. The van der Waals surface area contributed by atoms with Crippen LogP contribution in [0.25, 0.3) is 0 Å². The van der Waals surface area contributed by atoms with Crippen LogP contribution in [0.15, 0.2) is 0 Å². The molecule has 0 fully saturated rings. The predicted molar refractivity (Wildman–Crippen MR) is 59.9 cm³/mol. The molecule has 0 spiro atoms. The van der Waals surface area contributed by atoms with Crippen LogP contribution < -0.4 is 0 Å². The molecular formula is C10H12N2O5. The number of nitro groups is 2. The van der Waals surface area contributed by atoms with Crippen molar-refractivity contribution < 1.29 is 15.0 Å². The van der Waals surface area contributed by atoms with E-state index in [9.17, 15) is 20.2 Å². The van der Waals surface area contributed by atoms with E-state index in [4.69, 9.17) is 5.11 Å². The van der Waals surface area contributed by atoms with Crippen LogP contribution in [-0.4, -0.2) is 15.0 Å². The predicted octanol–water partition coefficient (Wildman–Crippen LogP) is 1.92. The monoisotopic (exact) mass is 240 g/mol. The standard InChI is InChI=1S/C10H12N2O5/c1-5-6(2)10(12(16)17)8(4-13)7(3)9(5)11(14)15/h13H,4H2,1-3H3. The van der Waals surface area contributed by atoms with Gasteiger partial charge >= 0.3 is 0 Å². The molecule has 1 aromatic rings. The number of benzene rings is 1. The Hall–Kier alpha value is -2.02. The summed E-state index contributed by atoms with van der Waals surface area (Å²) in [5.41, 5.74) is 0.218. The summed E-state index contributed by atoms with van der Waals surface area (Å²) in [7, 11) is 0. The first kappa shape index (κ1) is 13.0. The Morgan fingerprint density at radius 2 is 1.35 bits per heavy atom. The van der Waals surface area contributed by atoms with Crippen molar-refractivity contribution in [2.45, 2.75) is 27.4 Å². The average Bonchev–Trinajstić information content (AvgIpc) is 2.22. The summed E-state index contributed by atoms with van der Waals surface area (Å²) >= 11 is 0. The maximum atomic E-state index is 10.9. The molecule has 0 aliphatic carbocycles. The Bertz CT molecular complexity index is 510. The molecule has 92 valence electrons. The van der Waals surface area contributed by atoms with Crippen LogP contribution in [-0.2, 0) is 6.61 Å². The molecule has 0 bridgehead atoms. The molecule has 0 atom stereocenters. The van der Waals surface area contributed by atoms with E-state index in [-0.39, 0.29) is 33.6 Å². The van der Waals surface area contributed by atoms with Gasteiger partial charge in [-0.2, -0.15) is 0 Å². The Morgan fingerprint density at radius 1 is 0.941 bits per heavy atom. The minimum atomic E-state index is -0.620. The van der Waals surface area contributed by atoms with Gasteiger partial charge in [0.25, 0.3) is 11.4 Å². The van der Waals surface area contributed by atoms with Crippen molar-refractivity contribution in [2.75, 3.05) is 0 Å². The van der Waals surface area contributed by atoms with E-state index in [1.165, 1.54) is 20.8 Å². The molecule has 1 aromatic carbocycles. The SMILES string of the molecule is Cc1c(C)c([N+](=O)[O-])c(CO)c(C)c1[N+](=O)[O-]. The quantitative estimate of drug-likeness (QED) is 0.641. The maximum Gasteiger partial charge on any atom is 0.278 e. The van der Waals surface area contributed by atoms with Crippen molar-refractivity contribution >= 4 is 11.4 Å². The van der Waals surface area contributed by atoms with E-state index < -0.39 is 16.5 Å². The summed E-state index contributed by atoms with van der Waals surface area (Å²) < 4.78 is 0. The first-order valence-electron chi connectivity index (χ1n) is 4.85. The first-order chi connectivity index (χ1) is 7.82. The molecule has 0 aliphatic heterocycles. The third-order valence-electron chi connectivity index (χ3n) is 2.89. The zero-order valence-corrected chi connectivity index (χ0v) is 9.68. The van der Waals surface area contributed by atoms with Gasteiger partial charge in [-0.3, -0.25) is 20.2 Å². The average molecular weight is 240 g/mol. The van der Waals surface area contributed by atoms with Crippen molar-refractivity contribution in [1.29, 1.82) is 0 Å². The third kappa shape index (κ3) is 1.96. The lowest BCUT2D eigenvalue weighted by atomic mass is 9.96. The second kappa shape index (κ2) is 4.46. The zero-order valence-electron chi connectivity index (χ0n) is 9.68. The molecule has 0 unspecified atom stereocenters. The molecular weight excluding hydrogens is 228 g/mol. The van der Waals surface area contributed by atoms with Crippen molar-refractivity contribution in [2.24, 2.45) is 0 Å². The summed E-state index contributed by atoms with van der Waals surface area (Å²) in [6, 6.07) is 0. The van der Waals surface area contributed by atoms with E-state index >= 15 is 0 Å². The van der Waals surface area contributed by atoms with Gasteiger partial charge in [-0.1, -0.05) is 0 Å². The Morgan fingerprint density at radius 3 is 1.71 bits per heavy atom. The molecule has 7 heteroatoms. The maximum absolute atomic E-state index is 10.9. The molecule has 0 radical (unpaired) electrons. The molecule has 0 heterocycles. The normalized spacial score (nSPS) is 10.4. The van der Waals surface area contributed by atoms with Crippen LogP contribution >= 0.6 is 0 Å². The molecule has 0 amide bonds. The van der Waals surface area contributed by atoms with E-state index in [0.717, 1.165) is 0 Å². The topological polar surface area (TPSA) is 107 Å².